The van der Waals surface area contributed by atoms with Gasteiger partial charge in [0.25, 0.3) is 5.56 Å². The lowest BCUT2D eigenvalue weighted by Gasteiger charge is -2.07. The highest BCUT2D eigenvalue weighted by Crippen LogP contribution is 2.31. The van der Waals surface area contributed by atoms with Crippen molar-refractivity contribution in [1.82, 2.24) is 9.55 Å². The third-order valence-electron chi connectivity index (χ3n) is 5.35. The fourth-order valence-corrected chi connectivity index (χ4v) is 4.58. The number of aromatic nitrogens is 2. The number of rotatable bonds is 5. The Hall–Kier alpha value is -3.77. The van der Waals surface area contributed by atoms with Gasteiger partial charge in [-0.05, 0) is 34.5 Å². The highest BCUT2D eigenvalue weighted by atomic mass is 32.1. The van der Waals surface area contributed by atoms with Crippen molar-refractivity contribution in [3.8, 4) is 16.9 Å². The average molecular weight is 426 g/mol. The predicted molar refractivity (Wildman–Crippen MR) is 124 cm³/mol. The molecule has 5 aromatic rings. The Balaban J connectivity index is 1.51. The minimum absolute atomic E-state index is 0.0575. The van der Waals surface area contributed by atoms with Crippen LogP contribution in [0, 0.1) is 0 Å². The topological polar surface area (TPSA) is 61.2 Å². The van der Waals surface area contributed by atoms with Crippen LogP contribution in [-0.2, 0) is 6.54 Å². The van der Waals surface area contributed by atoms with Crippen LogP contribution in [0.1, 0.15) is 10.4 Å². The number of hydrogen-bond acceptors (Lipinski definition) is 5. The molecule has 5 rings (SSSR count). The molecule has 3 aromatic carbocycles. The number of nitrogens with zero attached hydrogens (tertiary/aromatic N) is 2. The van der Waals surface area contributed by atoms with Crippen molar-refractivity contribution in [1.29, 1.82) is 0 Å². The Morgan fingerprint density at radius 3 is 2.58 bits per heavy atom. The molecule has 0 N–H and O–H groups in total. The summed E-state index contributed by atoms with van der Waals surface area (Å²) in [6, 6.07) is 21.0. The van der Waals surface area contributed by atoms with E-state index in [1.165, 1.54) is 22.2 Å². The predicted octanol–water partition coefficient (Wildman–Crippen LogP) is 5.17. The van der Waals surface area contributed by atoms with Crippen LogP contribution in [0.3, 0.4) is 0 Å². The molecule has 0 bridgehead atoms. The number of fused-ring (bicyclic) bond motifs is 2. The summed E-state index contributed by atoms with van der Waals surface area (Å²) in [5.41, 5.74) is 2.08. The van der Waals surface area contributed by atoms with Crippen molar-refractivity contribution in [2.45, 2.75) is 6.54 Å². The summed E-state index contributed by atoms with van der Waals surface area (Å²) in [5, 5.41) is 4.52. The zero-order valence-electron chi connectivity index (χ0n) is 16.7. The maximum Gasteiger partial charge on any atom is 0.263 e. The highest BCUT2D eigenvalue weighted by molar-refractivity contribution is 7.17. The normalized spacial score (nSPS) is 11.1. The minimum Gasteiger partial charge on any atom is -0.497 e. The second-order valence-electron chi connectivity index (χ2n) is 7.22. The van der Waals surface area contributed by atoms with Crippen LogP contribution >= 0.6 is 11.3 Å². The van der Waals surface area contributed by atoms with Gasteiger partial charge in [-0.3, -0.25) is 14.2 Å². The molecule has 0 aliphatic carbocycles. The molecule has 0 fully saturated rings. The smallest absolute Gasteiger partial charge is 0.263 e. The van der Waals surface area contributed by atoms with Crippen LogP contribution in [0.15, 0.2) is 83.2 Å². The van der Waals surface area contributed by atoms with Crippen molar-refractivity contribution in [3.63, 3.8) is 0 Å². The van der Waals surface area contributed by atoms with E-state index in [1.807, 2.05) is 66.0 Å². The first-order valence-corrected chi connectivity index (χ1v) is 10.6. The zero-order valence-corrected chi connectivity index (χ0v) is 17.6. The van der Waals surface area contributed by atoms with E-state index in [1.54, 1.807) is 13.2 Å². The van der Waals surface area contributed by atoms with Gasteiger partial charge in [0.2, 0.25) is 0 Å². The van der Waals surface area contributed by atoms with Crippen molar-refractivity contribution < 1.29 is 9.53 Å². The number of thiophene rings is 1. The SMILES string of the molecule is COc1ccc(-c2csc3ncn(CC(=O)c4ccc5ccccc5c4)c(=O)c23)cc1. The molecule has 6 heteroatoms. The van der Waals surface area contributed by atoms with Gasteiger partial charge in [-0.1, -0.05) is 48.5 Å². The lowest BCUT2D eigenvalue weighted by Crippen LogP contribution is -2.24. The van der Waals surface area contributed by atoms with Crippen LogP contribution in [-0.4, -0.2) is 22.4 Å². The number of Topliss-reactive ketones (excluding diaryl/α,β-unsaturated/α-hetero) is 1. The van der Waals surface area contributed by atoms with Crippen LogP contribution in [0.5, 0.6) is 5.75 Å². The number of carbonyl (C=O) groups is 1. The molecule has 0 aliphatic rings. The Labute approximate surface area is 182 Å². The van der Waals surface area contributed by atoms with E-state index >= 15 is 0 Å². The fourth-order valence-electron chi connectivity index (χ4n) is 3.67. The third-order valence-corrected chi connectivity index (χ3v) is 6.23. The number of ketones is 1. The molecule has 0 amide bonds. The molecular formula is C25H18N2O3S. The van der Waals surface area contributed by atoms with Crippen molar-refractivity contribution in [2.75, 3.05) is 7.11 Å². The Bertz CT molecular complexity index is 1480. The van der Waals surface area contributed by atoms with Crippen LogP contribution in [0.4, 0.5) is 0 Å². The summed E-state index contributed by atoms with van der Waals surface area (Å²) in [6.45, 7) is -0.0575. The van der Waals surface area contributed by atoms with E-state index in [9.17, 15) is 9.59 Å². The average Bonchev–Trinajstić information content (AvgIpc) is 3.25. The minimum atomic E-state index is -0.216. The molecule has 0 atom stereocenters. The lowest BCUT2D eigenvalue weighted by molar-refractivity contribution is 0.0971. The monoisotopic (exact) mass is 426 g/mol. The van der Waals surface area contributed by atoms with Gasteiger partial charge in [0.05, 0.1) is 25.4 Å². The molecule has 0 spiro atoms. The quantitative estimate of drug-likeness (QED) is 0.364. The van der Waals surface area contributed by atoms with E-state index < -0.39 is 0 Å². The molecule has 5 nitrogen and oxygen atoms in total. The van der Waals surface area contributed by atoms with Crippen LogP contribution in [0.25, 0.3) is 32.1 Å². The van der Waals surface area contributed by atoms with Crippen molar-refractivity contribution in [2.24, 2.45) is 0 Å². The lowest BCUT2D eigenvalue weighted by atomic mass is 10.0. The molecule has 0 unspecified atom stereocenters. The van der Waals surface area contributed by atoms with E-state index in [0.29, 0.717) is 15.8 Å². The van der Waals surface area contributed by atoms with E-state index in [0.717, 1.165) is 27.6 Å². The summed E-state index contributed by atoms with van der Waals surface area (Å²) < 4.78 is 6.60. The first-order chi connectivity index (χ1) is 15.1. The van der Waals surface area contributed by atoms with Gasteiger partial charge in [0.15, 0.2) is 5.78 Å². The third kappa shape index (κ3) is 3.51. The van der Waals surface area contributed by atoms with Crippen LogP contribution < -0.4 is 10.3 Å². The van der Waals surface area contributed by atoms with Gasteiger partial charge in [-0.2, -0.15) is 0 Å². The first-order valence-electron chi connectivity index (χ1n) is 9.77. The van der Waals surface area contributed by atoms with E-state index in [-0.39, 0.29) is 17.9 Å². The van der Waals surface area contributed by atoms with Crippen molar-refractivity contribution >= 4 is 38.1 Å². The number of benzene rings is 3. The van der Waals surface area contributed by atoms with Gasteiger partial charge < -0.3 is 4.74 Å². The van der Waals surface area contributed by atoms with Gasteiger partial charge in [0, 0.05) is 16.5 Å². The van der Waals surface area contributed by atoms with E-state index in [2.05, 4.69) is 4.98 Å². The van der Waals surface area contributed by atoms with Gasteiger partial charge in [0.1, 0.15) is 10.6 Å². The Morgan fingerprint density at radius 1 is 1.03 bits per heavy atom. The standard InChI is InChI=1S/C25H18N2O3S/c1-30-20-10-8-17(9-11-20)21-14-31-24-23(21)25(29)27(15-26-24)13-22(28)19-7-6-16-4-2-3-5-18(16)12-19/h2-12,14-15H,13H2,1H3. The number of methoxy groups -OCH3 is 1. The fraction of sp³-hybridized carbons (Fsp3) is 0.0800. The second kappa shape index (κ2) is 7.81. The number of hydrogen-bond donors (Lipinski definition) is 0. The highest BCUT2D eigenvalue weighted by Gasteiger charge is 2.16. The van der Waals surface area contributed by atoms with Crippen molar-refractivity contribution in [3.05, 3.63) is 94.4 Å². The summed E-state index contributed by atoms with van der Waals surface area (Å²) >= 11 is 1.42. The van der Waals surface area contributed by atoms with Crippen LogP contribution in [0.2, 0.25) is 0 Å². The largest absolute Gasteiger partial charge is 0.497 e. The molecule has 0 aliphatic heterocycles. The maximum atomic E-state index is 13.2. The Morgan fingerprint density at radius 2 is 1.81 bits per heavy atom. The molecular weight excluding hydrogens is 408 g/mol. The molecule has 0 saturated heterocycles. The molecule has 0 saturated carbocycles. The molecule has 152 valence electrons. The Kier molecular flexibility index (Phi) is 4.84. The maximum absolute atomic E-state index is 13.2. The molecule has 2 aromatic heterocycles. The summed E-state index contributed by atoms with van der Waals surface area (Å²) in [5.74, 6) is 0.620. The summed E-state index contributed by atoms with van der Waals surface area (Å²) in [7, 11) is 1.62. The number of carbonyl (C=O) groups excluding carboxylic acids is 1. The zero-order chi connectivity index (χ0) is 21.4. The second-order valence-corrected chi connectivity index (χ2v) is 8.08. The van der Waals surface area contributed by atoms with Gasteiger partial charge >= 0.3 is 0 Å². The first kappa shape index (κ1) is 19.2. The number of ether oxygens (including phenoxy) is 1. The van der Waals surface area contributed by atoms with Gasteiger partial charge in [-0.15, -0.1) is 11.3 Å². The molecule has 31 heavy (non-hydrogen) atoms. The summed E-state index contributed by atoms with van der Waals surface area (Å²) in [4.78, 5) is 31.2. The molecule has 2 heterocycles. The molecule has 0 radical (unpaired) electrons. The summed E-state index contributed by atoms with van der Waals surface area (Å²) in [6.07, 6.45) is 1.46. The van der Waals surface area contributed by atoms with E-state index in [4.69, 9.17) is 4.74 Å². The van der Waals surface area contributed by atoms with Gasteiger partial charge in [-0.25, -0.2) is 4.98 Å².